The van der Waals surface area contributed by atoms with Gasteiger partial charge in [0.25, 0.3) is 5.91 Å². The average Bonchev–Trinajstić information content (AvgIpc) is 3.42. The van der Waals surface area contributed by atoms with Gasteiger partial charge in [-0.3, -0.25) is 9.36 Å². The molecule has 3 heterocycles. The molecule has 1 aliphatic rings. The van der Waals surface area contributed by atoms with Crippen molar-refractivity contribution in [1.29, 1.82) is 0 Å². The van der Waals surface area contributed by atoms with E-state index in [9.17, 15) is 9.59 Å². The highest BCUT2D eigenvalue weighted by molar-refractivity contribution is 9.10. The number of pyridine rings is 1. The molecule has 9 heteroatoms. The van der Waals surface area contributed by atoms with Gasteiger partial charge in [0.1, 0.15) is 5.82 Å². The fourth-order valence-corrected chi connectivity index (χ4v) is 4.40. The van der Waals surface area contributed by atoms with Crippen LogP contribution in [-0.2, 0) is 6.54 Å². The van der Waals surface area contributed by atoms with E-state index in [1.807, 2.05) is 16.7 Å². The quantitative estimate of drug-likeness (QED) is 0.438. The fraction of sp³-hybridized carbons (Fsp3) is 0.300. The van der Waals surface area contributed by atoms with E-state index in [-0.39, 0.29) is 24.2 Å². The van der Waals surface area contributed by atoms with Crippen LogP contribution in [0, 0.1) is 0 Å². The van der Waals surface area contributed by atoms with Crippen molar-refractivity contribution in [2.24, 2.45) is 0 Å². The van der Waals surface area contributed by atoms with Gasteiger partial charge in [-0.1, -0.05) is 12.8 Å². The maximum Gasteiger partial charge on any atom is 0.326 e. The summed E-state index contributed by atoms with van der Waals surface area (Å²) in [4.78, 5) is 39.7. The molecule has 3 aromatic heterocycles. The molecule has 1 saturated carbocycles. The van der Waals surface area contributed by atoms with E-state index in [2.05, 4.69) is 41.2 Å². The molecule has 0 atom stereocenters. The van der Waals surface area contributed by atoms with Crippen molar-refractivity contribution in [3.63, 3.8) is 0 Å². The van der Waals surface area contributed by atoms with Gasteiger partial charge in [0, 0.05) is 22.3 Å². The summed E-state index contributed by atoms with van der Waals surface area (Å²) in [7, 11) is 0. The molecule has 0 aliphatic heterocycles. The van der Waals surface area contributed by atoms with Gasteiger partial charge >= 0.3 is 5.69 Å². The van der Waals surface area contributed by atoms with Crippen molar-refractivity contribution in [3.8, 4) is 0 Å². The average molecular weight is 455 g/mol. The zero-order valence-corrected chi connectivity index (χ0v) is 17.1. The number of benzene rings is 1. The third-order valence-corrected chi connectivity index (χ3v) is 5.87. The molecule has 1 amide bonds. The number of rotatable bonds is 4. The van der Waals surface area contributed by atoms with Crippen LogP contribution in [0.1, 0.15) is 47.9 Å². The van der Waals surface area contributed by atoms with Gasteiger partial charge in [0.05, 0.1) is 23.1 Å². The predicted octanol–water partition coefficient (Wildman–Crippen LogP) is 3.41. The lowest BCUT2D eigenvalue weighted by molar-refractivity contribution is 0.0950. The Morgan fingerprint density at radius 1 is 1.21 bits per heavy atom. The van der Waals surface area contributed by atoms with Crippen LogP contribution >= 0.6 is 15.9 Å². The third kappa shape index (κ3) is 3.35. The number of hydrogen-bond acceptors (Lipinski definition) is 4. The second-order valence-electron chi connectivity index (χ2n) is 7.36. The lowest BCUT2D eigenvalue weighted by Crippen LogP contribution is -2.23. The standard InChI is InChI=1S/C20H19BrN6O2/c21-12-8-15-18(22-9-12)26-17(24-15)10-23-19(28)11-5-6-16-14(7-11)25-20(29)27(16)13-3-1-2-4-13/h5-9,13H,1-4,10H2,(H,23,28)(H,25,29)(H,22,24,26). The van der Waals surface area contributed by atoms with Crippen molar-refractivity contribution in [2.45, 2.75) is 38.3 Å². The molecule has 148 valence electrons. The van der Waals surface area contributed by atoms with Gasteiger partial charge in [-0.05, 0) is 53.0 Å². The molecule has 5 rings (SSSR count). The van der Waals surface area contributed by atoms with Crippen molar-refractivity contribution in [2.75, 3.05) is 0 Å². The molecule has 1 aliphatic carbocycles. The van der Waals surface area contributed by atoms with E-state index in [1.54, 1.807) is 18.3 Å². The molecule has 4 aromatic rings. The molecular weight excluding hydrogens is 436 g/mol. The number of nitrogens with zero attached hydrogens (tertiary/aromatic N) is 3. The highest BCUT2D eigenvalue weighted by atomic mass is 79.9. The number of fused-ring (bicyclic) bond motifs is 2. The smallest absolute Gasteiger partial charge is 0.326 e. The number of aromatic nitrogens is 5. The van der Waals surface area contributed by atoms with Gasteiger partial charge in [-0.2, -0.15) is 0 Å². The highest BCUT2D eigenvalue weighted by Gasteiger charge is 2.21. The van der Waals surface area contributed by atoms with Crippen LogP contribution in [0.2, 0.25) is 0 Å². The monoisotopic (exact) mass is 454 g/mol. The first-order valence-corrected chi connectivity index (χ1v) is 10.4. The number of halogens is 1. The molecule has 0 radical (unpaired) electrons. The van der Waals surface area contributed by atoms with E-state index in [0.717, 1.165) is 41.2 Å². The Morgan fingerprint density at radius 3 is 2.86 bits per heavy atom. The van der Waals surface area contributed by atoms with Crippen LogP contribution in [0.15, 0.2) is 39.7 Å². The molecular formula is C20H19BrN6O2. The number of amides is 1. The molecule has 0 saturated heterocycles. The second-order valence-corrected chi connectivity index (χ2v) is 8.28. The molecule has 0 bridgehead atoms. The van der Waals surface area contributed by atoms with Crippen LogP contribution < -0.4 is 11.0 Å². The first kappa shape index (κ1) is 18.1. The van der Waals surface area contributed by atoms with Gasteiger partial charge in [-0.15, -0.1) is 0 Å². The normalized spacial score (nSPS) is 14.8. The Hall–Kier alpha value is -2.94. The van der Waals surface area contributed by atoms with Crippen LogP contribution in [0.4, 0.5) is 0 Å². The van der Waals surface area contributed by atoms with Crippen LogP contribution in [0.3, 0.4) is 0 Å². The highest BCUT2D eigenvalue weighted by Crippen LogP contribution is 2.30. The van der Waals surface area contributed by atoms with Crippen molar-refractivity contribution >= 4 is 44.0 Å². The van der Waals surface area contributed by atoms with Gasteiger partial charge < -0.3 is 15.3 Å². The molecule has 0 spiro atoms. The molecule has 1 fully saturated rings. The topological polar surface area (TPSA) is 108 Å². The van der Waals surface area contributed by atoms with Crippen LogP contribution in [-0.4, -0.2) is 30.4 Å². The molecule has 8 nitrogen and oxygen atoms in total. The SMILES string of the molecule is O=C(NCc1nc2ncc(Br)cc2[nH]1)c1ccc2c(c1)[nH]c(=O)n2C1CCCC1. The number of aromatic amines is 2. The fourth-order valence-electron chi connectivity index (χ4n) is 4.07. The maximum atomic E-state index is 12.6. The summed E-state index contributed by atoms with van der Waals surface area (Å²) < 4.78 is 2.69. The third-order valence-electron chi connectivity index (χ3n) is 5.44. The Kier molecular flexibility index (Phi) is 4.46. The summed E-state index contributed by atoms with van der Waals surface area (Å²) in [6.45, 7) is 0.254. The van der Waals surface area contributed by atoms with Gasteiger partial charge in [0.2, 0.25) is 0 Å². The summed E-state index contributed by atoms with van der Waals surface area (Å²) in [5.41, 5.74) is 3.33. The predicted molar refractivity (Wildman–Crippen MR) is 113 cm³/mol. The Balaban J connectivity index is 1.35. The zero-order valence-electron chi connectivity index (χ0n) is 15.5. The van der Waals surface area contributed by atoms with E-state index in [1.165, 1.54) is 0 Å². The van der Waals surface area contributed by atoms with E-state index >= 15 is 0 Å². The van der Waals surface area contributed by atoms with Crippen molar-refractivity contribution < 1.29 is 4.79 Å². The first-order chi connectivity index (χ1) is 14.1. The van der Waals surface area contributed by atoms with Crippen LogP contribution in [0.5, 0.6) is 0 Å². The van der Waals surface area contributed by atoms with E-state index in [0.29, 0.717) is 22.6 Å². The van der Waals surface area contributed by atoms with E-state index < -0.39 is 0 Å². The van der Waals surface area contributed by atoms with E-state index in [4.69, 9.17) is 0 Å². The summed E-state index contributed by atoms with van der Waals surface area (Å²) in [5, 5.41) is 2.86. The number of carbonyl (C=O) groups excluding carboxylic acids is 1. The minimum absolute atomic E-state index is 0.106. The lowest BCUT2D eigenvalue weighted by atomic mass is 10.1. The molecule has 1 aromatic carbocycles. The maximum absolute atomic E-state index is 12.6. The van der Waals surface area contributed by atoms with Crippen molar-refractivity contribution in [3.05, 3.63) is 56.8 Å². The molecule has 0 unspecified atom stereocenters. The van der Waals surface area contributed by atoms with Gasteiger partial charge in [-0.25, -0.2) is 14.8 Å². The second kappa shape index (κ2) is 7.14. The summed E-state index contributed by atoms with van der Waals surface area (Å²) in [5.74, 6) is 0.400. The number of carbonyl (C=O) groups is 1. The molecule has 29 heavy (non-hydrogen) atoms. The first-order valence-electron chi connectivity index (χ1n) is 9.61. The summed E-state index contributed by atoms with van der Waals surface area (Å²) in [6.07, 6.45) is 6.03. The van der Waals surface area contributed by atoms with Crippen LogP contribution in [0.25, 0.3) is 22.2 Å². The Morgan fingerprint density at radius 2 is 2.03 bits per heavy atom. The number of nitrogens with one attached hydrogen (secondary N) is 3. The van der Waals surface area contributed by atoms with Crippen molar-refractivity contribution in [1.82, 2.24) is 29.8 Å². The summed E-state index contributed by atoms with van der Waals surface area (Å²) >= 11 is 3.38. The Bertz CT molecular complexity index is 1280. The summed E-state index contributed by atoms with van der Waals surface area (Å²) in [6, 6.07) is 7.48. The molecule has 3 N–H and O–H groups in total. The number of hydrogen-bond donors (Lipinski definition) is 3. The number of imidazole rings is 2. The number of H-pyrrole nitrogens is 2. The minimum atomic E-state index is -0.226. The Labute approximate surface area is 173 Å². The lowest BCUT2D eigenvalue weighted by Gasteiger charge is -2.11. The minimum Gasteiger partial charge on any atom is -0.345 e. The zero-order chi connectivity index (χ0) is 20.0. The largest absolute Gasteiger partial charge is 0.345 e. The van der Waals surface area contributed by atoms with Gasteiger partial charge in [0.15, 0.2) is 5.65 Å².